The van der Waals surface area contributed by atoms with Gasteiger partial charge < -0.3 is 4.90 Å². The van der Waals surface area contributed by atoms with Gasteiger partial charge in [-0.2, -0.15) is 0 Å². The van der Waals surface area contributed by atoms with Gasteiger partial charge in [-0.05, 0) is 43.5 Å². The first-order valence-electron chi connectivity index (χ1n) is 7.14. The minimum atomic E-state index is -0.128. The quantitative estimate of drug-likeness (QED) is 0.841. The van der Waals surface area contributed by atoms with Gasteiger partial charge in [0.1, 0.15) is 0 Å². The number of aryl methyl sites for hydroxylation is 1. The second kappa shape index (κ2) is 4.82. The molecule has 0 radical (unpaired) electrons. The van der Waals surface area contributed by atoms with E-state index in [-0.39, 0.29) is 16.9 Å². The Balaban J connectivity index is 2.09. The van der Waals surface area contributed by atoms with E-state index in [1.807, 2.05) is 11.9 Å². The summed E-state index contributed by atoms with van der Waals surface area (Å²) < 4.78 is 1.72. The molecule has 1 amide bonds. The SMILES string of the molecule is Cn1nnnc1C(C)(C)CC1CC(=O)N(C(C)(C)C)C1. The van der Waals surface area contributed by atoms with E-state index in [9.17, 15) is 4.79 Å². The first kappa shape index (κ1) is 14.9. The van der Waals surface area contributed by atoms with Crippen LogP contribution in [0.15, 0.2) is 0 Å². The molecule has 6 nitrogen and oxygen atoms in total. The van der Waals surface area contributed by atoms with Crippen LogP contribution < -0.4 is 0 Å². The molecular weight excluding hydrogens is 254 g/mol. The molecule has 0 saturated carbocycles. The van der Waals surface area contributed by atoms with Crippen molar-refractivity contribution in [2.24, 2.45) is 13.0 Å². The molecule has 20 heavy (non-hydrogen) atoms. The topological polar surface area (TPSA) is 63.9 Å². The summed E-state index contributed by atoms with van der Waals surface area (Å²) in [6, 6.07) is 0. The number of nitrogens with zero attached hydrogens (tertiary/aromatic N) is 5. The lowest BCUT2D eigenvalue weighted by molar-refractivity contribution is -0.131. The third kappa shape index (κ3) is 2.83. The predicted molar refractivity (Wildman–Crippen MR) is 76.0 cm³/mol. The van der Waals surface area contributed by atoms with Gasteiger partial charge in [0, 0.05) is 31.0 Å². The van der Waals surface area contributed by atoms with Crippen molar-refractivity contribution < 1.29 is 4.79 Å². The van der Waals surface area contributed by atoms with Crippen LogP contribution in [0.5, 0.6) is 0 Å². The number of carbonyl (C=O) groups excluding carboxylic acids is 1. The Morgan fingerprint density at radius 3 is 2.35 bits per heavy atom. The summed E-state index contributed by atoms with van der Waals surface area (Å²) in [5, 5.41) is 11.7. The summed E-state index contributed by atoms with van der Waals surface area (Å²) in [6.45, 7) is 11.4. The lowest BCUT2D eigenvalue weighted by atomic mass is 9.81. The van der Waals surface area contributed by atoms with E-state index in [0.717, 1.165) is 18.8 Å². The molecule has 1 aromatic heterocycles. The van der Waals surface area contributed by atoms with Gasteiger partial charge in [-0.1, -0.05) is 13.8 Å². The third-order valence-corrected chi connectivity index (χ3v) is 4.04. The minimum absolute atomic E-state index is 0.0949. The highest BCUT2D eigenvalue weighted by atomic mass is 16.2. The number of rotatable bonds is 3. The van der Waals surface area contributed by atoms with Crippen LogP contribution in [0.25, 0.3) is 0 Å². The van der Waals surface area contributed by atoms with Crippen LogP contribution in [-0.4, -0.2) is 43.1 Å². The van der Waals surface area contributed by atoms with E-state index in [1.165, 1.54) is 0 Å². The van der Waals surface area contributed by atoms with E-state index in [2.05, 4.69) is 50.1 Å². The van der Waals surface area contributed by atoms with Gasteiger partial charge in [-0.15, -0.1) is 5.10 Å². The number of aromatic nitrogens is 4. The third-order valence-electron chi connectivity index (χ3n) is 4.04. The maximum absolute atomic E-state index is 12.2. The zero-order valence-corrected chi connectivity index (χ0v) is 13.3. The van der Waals surface area contributed by atoms with E-state index in [1.54, 1.807) is 4.68 Å². The van der Waals surface area contributed by atoms with E-state index >= 15 is 0 Å². The molecule has 1 aliphatic rings. The Kier molecular flexibility index (Phi) is 3.60. The highest BCUT2D eigenvalue weighted by molar-refractivity contribution is 5.79. The van der Waals surface area contributed by atoms with Crippen molar-refractivity contribution in [2.75, 3.05) is 6.54 Å². The van der Waals surface area contributed by atoms with Gasteiger partial charge in [0.2, 0.25) is 5.91 Å². The lowest BCUT2D eigenvalue weighted by Gasteiger charge is -2.33. The molecule has 1 aromatic rings. The van der Waals surface area contributed by atoms with E-state index in [0.29, 0.717) is 12.3 Å². The normalized spacial score (nSPS) is 20.8. The zero-order valence-electron chi connectivity index (χ0n) is 13.3. The Morgan fingerprint density at radius 1 is 1.25 bits per heavy atom. The molecule has 1 saturated heterocycles. The molecule has 1 fully saturated rings. The van der Waals surface area contributed by atoms with Crippen LogP contribution in [0.3, 0.4) is 0 Å². The van der Waals surface area contributed by atoms with Gasteiger partial charge >= 0.3 is 0 Å². The lowest BCUT2D eigenvalue weighted by Crippen LogP contribution is -2.42. The fraction of sp³-hybridized carbons (Fsp3) is 0.857. The van der Waals surface area contributed by atoms with Gasteiger partial charge in [-0.25, -0.2) is 4.68 Å². The van der Waals surface area contributed by atoms with Gasteiger partial charge in [0.25, 0.3) is 0 Å². The Labute approximate surface area is 120 Å². The average molecular weight is 279 g/mol. The zero-order chi connectivity index (χ0) is 15.1. The van der Waals surface area contributed by atoms with Crippen LogP contribution >= 0.6 is 0 Å². The van der Waals surface area contributed by atoms with Gasteiger partial charge in [0.15, 0.2) is 5.82 Å². The Bertz CT molecular complexity index is 500. The van der Waals surface area contributed by atoms with Crippen LogP contribution in [-0.2, 0) is 17.3 Å². The molecule has 1 atom stereocenters. The molecule has 2 rings (SSSR count). The first-order valence-corrected chi connectivity index (χ1v) is 7.14. The van der Waals surface area contributed by atoms with Crippen LogP contribution in [0.1, 0.15) is 53.3 Å². The van der Waals surface area contributed by atoms with Crippen molar-refractivity contribution in [1.29, 1.82) is 0 Å². The van der Waals surface area contributed by atoms with Gasteiger partial charge in [-0.3, -0.25) is 4.79 Å². The molecule has 1 aliphatic heterocycles. The molecular formula is C14H25N5O. The number of carbonyl (C=O) groups is 1. The Morgan fingerprint density at radius 2 is 1.90 bits per heavy atom. The maximum atomic E-state index is 12.2. The average Bonchev–Trinajstić information content (AvgIpc) is 2.83. The summed E-state index contributed by atoms with van der Waals surface area (Å²) in [7, 11) is 1.86. The summed E-state index contributed by atoms with van der Waals surface area (Å²) in [5.74, 6) is 1.50. The molecule has 2 heterocycles. The second-order valence-corrected chi connectivity index (χ2v) is 7.46. The number of hydrogen-bond acceptors (Lipinski definition) is 4. The highest BCUT2D eigenvalue weighted by Gasteiger charge is 2.39. The second-order valence-electron chi connectivity index (χ2n) is 7.46. The molecule has 6 heteroatoms. The monoisotopic (exact) mass is 279 g/mol. The van der Waals surface area contributed by atoms with Crippen molar-refractivity contribution in [3.8, 4) is 0 Å². The van der Waals surface area contributed by atoms with E-state index < -0.39 is 0 Å². The largest absolute Gasteiger partial charge is 0.338 e. The Hall–Kier alpha value is -1.46. The van der Waals surface area contributed by atoms with Crippen LogP contribution in [0.4, 0.5) is 0 Å². The molecule has 0 bridgehead atoms. The fourth-order valence-electron chi connectivity index (χ4n) is 3.18. The van der Waals surface area contributed by atoms with Crippen molar-refractivity contribution in [1.82, 2.24) is 25.1 Å². The smallest absolute Gasteiger partial charge is 0.223 e. The standard InChI is InChI=1S/C14H25N5O/c1-13(2,3)19-9-10(7-11(19)20)8-14(4,5)12-15-16-17-18(12)6/h10H,7-9H2,1-6H3. The maximum Gasteiger partial charge on any atom is 0.223 e. The van der Waals surface area contributed by atoms with Gasteiger partial charge in [0.05, 0.1) is 0 Å². The van der Waals surface area contributed by atoms with Crippen molar-refractivity contribution in [3.05, 3.63) is 5.82 Å². The van der Waals surface area contributed by atoms with Crippen LogP contribution in [0.2, 0.25) is 0 Å². The molecule has 0 N–H and O–H groups in total. The number of amides is 1. The summed E-state index contributed by atoms with van der Waals surface area (Å²) in [5.41, 5.74) is -0.223. The summed E-state index contributed by atoms with van der Waals surface area (Å²) >= 11 is 0. The number of likely N-dealkylation sites (tertiary alicyclic amines) is 1. The summed E-state index contributed by atoms with van der Waals surface area (Å²) in [4.78, 5) is 14.1. The van der Waals surface area contributed by atoms with Crippen molar-refractivity contribution in [2.45, 2.75) is 58.4 Å². The molecule has 0 aliphatic carbocycles. The van der Waals surface area contributed by atoms with Crippen molar-refractivity contribution >= 4 is 5.91 Å². The molecule has 1 unspecified atom stereocenters. The fourth-order valence-corrected chi connectivity index (χ4v) is 3.18. The molecule has 0 aromatic carbocycles. The minimum Gasteiger partial charge on any atom is -0.338 e. The van der Waals surface area contributed by atoms with Crippen LogP contribution in [0, 0.1) is 5.92 Å². The summed E-state index contributed by atoms with van der Waals surface area (Å²) in [6.07, 6.45) is 1.55. The number of hydrogen-bond donors (Lipinski definition) is 0. The molecule has 0 spiro atoms. The highest BCUT2D eigenvalue weighted by Crippen LogP contribution is 2.35. The van der Waals surface area contributed by atoms with E-state index in [4.69, 9.17) is 0 Å². The number of tetrazole rings is 1. The first-order chi connectivity index (χ1) is 9.11. The predicted octanol–water partition coefficient (Wildman–Crippen LogP) is 1.52. The van der Waals surface area contributed by atoms with Crippen molar-refractivity contribution in [3.63, 3.8) is 0 Å². The molecule has 112 valence electrons.